The number of aliphatic hydroxyl groups is 1. The highest BCUT2D eigenvalue weighted by Gasteiger charge is 2.50. The number of hydrogen-bond donors (Lipinski definition) is 1. The van der Waals surface area contributed by atoms with Crippen molar-refractivity contribution in [3.63, 3.8) is 0 Å². The number of hydrogen-bond acceptors (Lipinski definition) is 4. The average molecular weight is 360 g/mol. The van der Waals surface area contributed by atoms with Gasteiger partial charge >= 0.3 is 6.09 Å². The van der Waals surface area contributed by atoms with E-state index in [0.29, 0.717) is 5.56 Å². The first-order valence-corrected chi connectivity index (χ1v) is 9.07. The van der Waals surface area contributed by atoms with Gasteiger partial charge in [-0.05, 0) is 58.2 Å². The Morgan fingerprint density at radius 3 is 2.50 bits per heavy atom. The van der Waals surface area contributed by atoms with Crippen molar-refractivity contribution < 1.29 is 19.0 Å². The number of nitriles is 1. The summed E-state index contributed by atoms with van der Waals surface area (Å²) >= 11 is 0. The molecule has 1 N–H and O–H groups in total. The van der Waals surface area contributed by atoms with Crippen LogP contribution in [0, 0.1) is 17.1 Å². The molecule has 2 heterocycles. The van der Waals surface area contributed by atoms with Crippen molar-refractivity contribution in [2.75, 3.05) is 0 Å². The van der Waals surface area contributed by atoms with Gasteiger partial charge in [-0.1, -0.05) is 0 Å². The largest absolute Gasteiger partial charge is 0.444 e. The van der Waals surface area contributed by atoms with Gasteiger partial charge in [0, 0.05) is 30.5 Å². The van der Waals surface area contributed by atoms with E-state index in [4.69, 9.17) is 10.00 Å². The van der Waals surface area contributed by atoms with Crippen LogP contribution < -0.4 is 0 Å². The molecule has 0 aromatic heterocycles. The standard InChI is InChI=1S/C20H25FN2O3/c1-19(2,3)26-18(24)23-14-5-4-6-15(23)11-20(25,10-14)16-9-13(12-22)7-8-17(16)21/h7-9,14-15,25H,4-6,10-11H2,1-3H3. The average Bonchev–Trinajstić information content (AvgIpc) is 2.52. The van der Waals surface area contributed by atoms with Crippen LogP contribution >= 0.6 is 0 Å². The summed E-state index contributed by atoms with van der Waals surface area (Å²) in [6.07, 6.45) is 2.57. The zero-order chi connectivity index (χ0) is 19.1. The zero-order valence-corrected chi connectivity index (χ0v) is 15.5. The van der Waals surface area contributed by atoms with Crippen molar-refractivity contribution in [3.8, 4) is 6.07 Å². The Morgan fingerprint density at radius 2 is 1.96 bits per heavy atom. The second-order valence-electron chi connectivity index (χ2n) is 8.37. The van der Waals surface area contributed by atoms with E-state index >= 15 is 0 Å². The third-order valence-corrected chi connectivity index (χ3v) is 5.21. The van der Waals surface area contributed by atoms with E-state index in [1.807, 2.05) is 26.8 Å². The van der Waals surface area contributed by atoms with Gasteiger partial charge in [0.25, 0.3) is 0 Å². The minimum absolute atomic E-state index is 0.150. The van der Waals surface area contributed by atoms with Crippen LogP contribution in [-0.2, 0) is 10.3 Å². The topological polar surface area (TPSA) is 73.6 Å². The lowest BCUT2D eigenvalue weighted by Crippen LogP contribution is -2.59. The fourth-order valence-electron chi connectivity index (χ4n) is 4.21. The molecule has 2 aliphatic heterocycles. The molecule has 2 bridgehead atoms. The monoisotopic (exact) mass is 360 g/mol. The number of carbonyl (C=O) groups excluding carboxylic acids is 1. The van der Waals surface area contributed by atoms with Crippen molar-refractivity contribution in [1.29, 1.82) is 5.26 Å². The fraction of sp³-hybridized carbons (Fsp3) is 0.600. The lowest BCUT2D eigenvalue weighted by Gasteiger charge is -2.51. The summed E-state index contributed by atoms with van der Waals surface area (Å²) in [6, 6.07) is 5.64. The van der Waals surface area contributed by atoms with Crippen LogP contribution in [0.3, 0.4) is 0 Å². The molecule has 2 unspecified atom stereocenters. The minimum atomic E-state index is -1.38. The molecule has 0 spiro atoms. The fourth-order valence-corrected chi connectivity index (χ4v) is 4.21. The van der Waals surface area contributed by atoms with Gasteiger partial charge in [0.15, 0.2) is 0 Å². The van der Waals surface area contributed by atoms with E-state index in [0.717, 1.165) is 19.3 Å². The molecule has 6 heteroatoms. The van der Waals surface area contributed by atoms with E-state index in [1.165, 1.54) is 18.2 Å². The second kappa shape index (κ2) is 6.55. The van der Waals surface area contributed by atoms with E-state index in [2.05, 4.69) is 0 Å². The Morgan fingerprint density at radius 1 is 1.35 bits per heavy atom. The number of ether oxygens (including phenoxy) is 1. The highest BCUT2D eigenvalue weighted by Crippen LogP contribution is 2.45. The van der Waals surface area contributed by atoms with Gasteiger partial charge in [-0.2, -0.15) is 5.26 Å². The lowest BCUT2D eigenvalue weighted by atomic mass is 9.72. The SMILES string of the molecule is CC(C)(C)OC(=O)N1C2CCCC1CC(O)(c1cc(C#N)ccc1F)C2. The Kier molecular flexibility index (Phi) is 4.70. The van der Waals surface area contributed by atoms with Crippen molar-refractivity contribution in [3.05, 3.63) is 35.1 Å². The molecule has 2 saturated heterocycles. The predicted molar refractivity (Wildman–Crippen MR) is 93.7 cm³/mol. The molecule has 2 aliphatic rings. The van der Waals surface area contributed by atoms with E-state index in [-0.39, 0.29) is 36.6 Å². The van der Waals surface area contributed by atoms with Crippen molar-refractivity contribution >= 4 is 6.09 Å². The Labute approximate surface area is 153 Å². The van der Waals surface area contributed by atoms with Crippen LogP contribution in [0.15, 0.2) is 18.2 Å². The van der Waals surface area contributed by atoms with Crippen LogP contribution in [0.1, 0.15) is 64.0 Å². The maximum Gasteiger partial charge on any atom is 0.410 e. The normalized spacial score (nSPS) is 28.4. The quantitative estimate of drug-likeness (QED) is 0.826. The molecule has 2 atom stereocenters. The molecule has 2 fully saturated rings. The van der Waals surface area contributed by atoms with Crippen LogP contribution in [0.5, 0.6) is 0 Å². The summed E-state index contributed by atoms with van der Waals surface area (Å²) in [6.45, 7) is 5.47. The highest BCUT2D eigenvalue weighted by molar-refractivity contribution is 5.69. The summed E-state index contributed by atoms with van der Waals surface area (Å²) in [4.78, 5) is 14.4. The van der Waals surface area contributed by atoms with E-state index in [9.17, 15) is 14.3 Å². The van der Waals surface area contributed by atoms with Gasteiger partial charge in [-0.3, -0.25) is 0 Å². The minimum Gasteiger partial charge on any atom is -0.444 e. The van der Waals surface area contributed by atoms with Gasteiger partial charge in [-0.15, -0.1) is 0 Å². The third-order valence-electron chi connectivity index (χ3n) is 5.21. The molecule has 0 aliphatic carbocycles. The van der Waals surface area contributed by atoms with Crippen LogP contribution in [-0.4, -0.2) is 33.8 Å². The first-order chi connectivity index (χ1) is 12.1. The lowest BCUT2D eigenvalue weighted by molar-refractivity contribution is -0.0978. The first kappa shape index (κ1) is 18.7. The number of rotatable bonds is 1. The highest BCUT2D eigenvalue weighted by atomic mass is 19.1. The maximum absolute atomic E-state index is 14.4. The maximum atomic E-state index is 14.4. The van der Waals surface area contributed by atoms with Crippen LogP contribution in [0.2, 0.25) is 0 Å². The second-order valence-corrected chi connectivity index (χ2v) is 8.37. The number of carbonyl (C=O) groups is 1. The van der Waals surface area contributed by atoms with Gasteiger partial charge in [0.05, 0.1) is 17.2 Å². The molecule has 1 aromatic rings. The van der Waals surface area contributed by atoms with Crippen molar-refractivity contribution in [2.24, 2.45) is 0 Å². The first-order valence-electron chi connectivity index (χ1n) is 9.07. The van der Waals surface area contributed by atoms with Gasteiger partial charge in [0.1, 0.15) is 11.4 Å². The number of amides is 1. The summed E-state index contributed by atoms with van der Waals surface area (Å²) in [7, 11) is 0. The number of nitrogens with zero attached hydrogens (tertiary/aromatic N) is 2. The molecule has 3 rings (SSSR count). The Balaban J connectivity index is 1.90. The summed E-state index contributed by atoms with van der Waals surface area (Å²) < 4.78 is 20.0. The molecule has 0 saturated carbocycles. The van der Waals surface area contributed by atoms with Crippen LogP contribution in [0.4, 0.5) is 9.18 Å². The number of benzene rings is 1. The van der Waals surface area contributed by atoms with Crippen molar-refractivity contribution in [2.45, 2.75) is 76.2 Å². The van der Waals surface area contributed by atoms with E-state index < -0.39 is 17.0 Å². The van der Waals surface area contributed by atoms with Gasteiger partial charge < -0.3 is 14.7 Å². The molecule has 5 nitrogen and oxygen atoms in total. The molecule has 140 valence electrons. The van der Waals surface area contributed by atoms with Gasteiger partial charge in [-0.25, -0.2) is 9.18 Å². The molecule has 1 amide bonds. The summed E-state index contributed by atoms with van der Waals surface area (Å²) in [5, 5.41) is 20.3. The van der Waals surface area contributed by atoms with Crippen LogP contribution in [0.25, 0.3) is 0 Å². The Hall–Kier alpha value is -2.13. The predicted octanol–water partition coefficient (Wildman–Crippen LogP) is 3.84. The zero-order valence-electron chi connectivity index (χ0n) is 15.5. The molecular formula is C20H25FN2O3. The number of fused-ring (bicyclic) bond motifs is 2. The van der Waals surface area contributed by atoms with E-state index in [1.54, 1.807) is 4.90 Å². The van der Waals surface area contributed by atoms with Crippen molar-refractivity contribution in [1.82, 2.24) is 4.90 Å². The third kappa shape index (κ3) is 3.54. The summed E-state index contributed by atoms with van der Waals surface area (Å²) in [5.41, 5.74) is -1.51. The molecule has 26 heavy (non-hydrogen) atoms. The Bertz CT molecular complexity index is 736. The molecular weight excluding hydrogens is 335 g/mol. The smallest absolute Gasteiger partial charge is 0.410 e. The van der Waals surface area contributed by atoms with Gasteiger partial charge in [0.2, 0.25) is 0 Å². The molecule has 1 aromatic carbocycles. The number of halogens is 1. The number of piperidine rings is 2. The molecule has 0 radical (unpaired) electrons. The summed E-state index contributed by atoms with van der Waals surface area (Å²) in [5.74, 6) is -0.518.